The van der Waals surface area contributed by atoms with E-state index in [0.29, 0.717) is 12.2 Å². The van der Waals surface area contributed by atoms with Crippen molar-refractivity contribution >= 4 is 46.4 Å². The Morgan fingerprint density at radius 3 is 2.37 bits per heavy atom. The number of rotatable bonds is 13. The molecule has 0 aliphatic rings. The number of nitrogens with two attached hydrogens (primary N) is 1. The molecule has 2 aromatic rings. The number of hydrogen-bond donors (Lipinski definition) is 7. The van der Waals surface area contributed by atoms with Crippen LogP contribution in [0.25, 0.3) is 10.9 Å². The molecule has 5 unspecified atom stereocenters. The van der Waals surface area contributed by atoms with Gasteiger partial charge >= 0.3 is 5.97 Å². The maximum atomic E-state index is 13.0. The molecule has 11 nitrogen and oxygen atoms in total. The van der Waals surface area contributed by atoms with Crippen molar-refractivity contribution in [1.29, 1.82) is 0 Å². The molecule has 192 valence electrons. The molecule has 0 saturated carbocycles. The summed E-state index contributed by atoms with van der Waals surface area (Å²) in [6.07, 6.45) is 2.73. The van der Waals surface area contributed by atoms with Gasteiger partial charge in [-0.3, -0.25) is 14.4 Å². The number of aliphatic carboxylic acids is 1. The number of hydrogen-bond acceptors (Lipinski definition) is 7. The van der Waals surface area contributed by atoms with Crippen molar-refractivity contribution in [2.24, 2.45) is 5.73 Å². The number of aromatic nitrogens is 1. The molecule has 5 atom stereocenters. The van der Waals surface area contributed by atoms with Crippen molar-refractivity contribution in [2.45, 2.75) is 57.0 Å². The van der Waals surface area contributed by atoms with Crippen LogP contribution in [0.2, 0.25) is 0 Å². The number of aromatic amines is 1. The summed E-state index contributed by atoms with van der Waals surface area (Å²) in [5, 5.41) is 27.3. The highest BCUT2D eigenvalue weighted by Gasteiger charge is 2.31. The fourth-order valence-electron chi connectivity index (χ4n) is 3.43. The Balaban J connectivity index is 2.19. The summed E-state index contributed by atoms with van der Waals surface area (Å²) in [4.78, 5) is 52.7. The van der Waals surface area contributed by atoms with E-state index in [4.69, 9.17) is 5.73 Å². The molecule has 0 aliphatic heterocycles. The number of carbonyl (C=O) groups is 4. The highest BCUT2D eigenvalue weighted by Crippen LogP contribution is 2.19. The third kappa shape index (κ3) is 7.98. The fraction of sp³-hybridized carbons (Fsp3) is 0.478. The highest BCUT2D eigenvalue weighted by molar-refractivity contribution is 7.98. The number of thioether (sulfide) groups is 1. The Bertz CT molecular complexity index is 1040. The Morgan fingerprint density at radius 2 is 1.74 bits per heavy atom. The number of nitrogens with one attached hydrogen (secondary N) is 4. The number of amides is 3. The van der Waals surface area contributed by atoms with E-state index in [1.54, 1.807) is 18.0 Å². The molecular weight excluding hydrogens is 474 g/mol. The van der Waals surface area contributed by atoms with Crippen LogP contribution in [0.1, 0.15) is 25.8 Å². The van der Waals surface area contributed by atoms with E-state index in [2.05, 4.69) is 20.9 Å². The number of para-hydroxylation sites is 1. The zero-order valence-electron chi connectivity index (χ0n) is 19.9. The average molecular weight is 508 g/mol. The van der Waals surface area contributed by atoms with Gasteiger partial charge in [0.05, 0.1) is 12.1 Å². The zero-order valence-corrected chi connectivity index (χ0v) is 20.7. The van der Waals surface area contributed by atoms with Gasteiger partial charge in [0, 0.05) is 23.5 Å². The molecule has 0 radical (unpaired) electrons. The van der Waals surface area contributed by atoms with Gasteiger partial charge in [0.1, 0.15) is 12.1 Å². The molecule has 0 bridgehead atoms. The largest absolute Gasteiger partial charge is 0.480 e. The molecular formula is C23H33N5O6S. The Hall–Kier alpha value is -3.09. The summed E-state index contributed by atoms with van der Waals surface area (Å²) in [6, 6.07) is 2.90. The van der Waals surface area contributed by atoms with Crippen molar-refractivity contribution in [1.82, 2.24) is 20.9 Å². The van der Waals surface area contributed by atoms with E-state index in [1.807, 2.05) is 30.5 Å². The molecule has 1 aromatic heterocycles. The van der Waals surface area contributed by atoms with E-state index < -0.39 is 54.0 Å². The Labute approximate surface area is 207 Å². The number of carboxylic acids is 1. The fourth-order valence-corrected chi connectivity index (χ4v) is 3.92. The number of carboxylic acid groups (broad SMARTS) is 1. The monoisotopic (exact) mass is 507 g/mol. The van der Waals surface area contributed by atoms with Crippen LogP contribution < -0.4 is 21.7 Å². The van der Waals surface area contributed by atoms with E-state index >= 15 is 0 Å². The van der Waals surface area contributed by atoms with Crippen molar-refractivity contribution in [3.05, 3.63) is 36.0 Å². The van der Waals surface area contributed by atoms with Gasteiger partial charge in [-0.1, -0.05) is 18.2 Å². The molecule has 8 N–H and O–H groups in total. The second kappa shape index (κ2) is 13.1. The molecule has 0 spiro atoms. The predicted molar refractivity (Wildman–Crippen MR) is 134 cm³/mol. The van der Waals surface area contributed by atoms with Gasteiger partial charge in [0.15, 0.2) is 6.04 Å². The van der Waals surface area contributed by atoms with Crippen LogP contribution in [0.15, 0.2) is 30.5 Å². The number of aliphatic hydroxyl groups is 1. The van der Waals surface area contributed by atoms with Gasteiger partial charge in [-0.25, -0.2) is 4.79 Å². The molecule has 0 aliphatic carbocycles. The van der Waals surface area contributed by atoms with Crippen molar-refractivity contribution < 1.29 is 29.4 Å². The van der Waals surface area contributed by atoms with Gasteiger partial charge in [-0.15, -0.1) is 0 Å². The lowest BCUT2D eigenvalue weighted by atomic mass is 10.0. The molecule has 2 rings (SSSR count). The summed E-state index contributed by atoms with van der Waals surface area (Å²) in [5.41, 5.74) is 7.41. The molecule has 0 fully saturated rings. The van der Waals surface area contributed by atoms with Gasteiger partial charge in [-0.05, 0) is 43.9 Å². The van der Waals surface area contributed by atoms with Crippen molar-refractivity contribution in [3.8, 4) is 0 Å². The van der Waals surface area contributed by atoms with Crippen LogP contribution in [0.5, 0.6) is 0 Å². The lowest BCUT2D eigenvalue weighted by molar-refractivity contribution is -0.145. The zero-order chi connectivity index (χ0) is 26.1. The number of H-pyrrole nitrogens is 1. The first-order valence-electron chi connectivity index (χ1n) is 11.2. The number of benzene rings is 1. The third-order valence-corrected chi connectivity index (χ3v) is 6.14. The highest BCUT2D eigenvalue weighted by atomic mass is 32.2. The van der Waals surface area contributed by atoms with Crippen molar-refractivity contribution in [2.75, 3.05) is 12.0 Å². The maximum absolute atomic E-state index is 13.0. The summed E-state index contributed by atoms with van der Waals surface area (Å²) in [6.45, 7) is 2.70. The minimum atomic E-state index is -1.56. The van der Waals surface area contributed by atoms with Crippen LogP contribution in [0, 0.1) is 0 Å². The summed E-state index contributed by atoms with van der Waals surface area (Å²) in [7, 11) is 0. The van der Waals surface area contributed by atoms with Crippen LogP contribution in [0.4, 0.5) is 0 Å². The minimum Gasteiger partial charge on any atom is -0.480 e. The van der Waals surface area contributed by atoms with E-state index in [-0.39, 0.29) is 6.42 Å². The standard InChI is InChI=1S/C23H33N5O6S/c1-12(26-21(31)16(24)8-9-35-3)20(30)27-18(22(32)28-19(13(2)29)23(33)34)10-14-11-25-17-7-5-4-6-15(14)17/h4-7,11-13,16,18-19,25,29H,8-10,24H2,1-3H3,(H,26,31)(H,27,30)(H,28,32)(H,33,34). The minimum absolute atomic E-state index is 0.0433. The molecule has 1 heterocycles. The van der Waals surface area contributed by atoms with E-state index in [9.17, 15) is 29.4 Å². The average Bonchev–Trinajstić information content (AvgIpc) is 3.22. The lowest BCUT2D eigenvalue weighted by Crippen LogP contribution is -2.58. The summed E-state index contributed by atoms with van der Waals surface area (Å²) in [5.74, 6) is -2.63. The molecule has 35 heavy (non-hydrogen) atoms. The molecule has 3 amide bonds. The molecule has 1 aromatic carbocycles. The van der Waals surface area contributed by atoms with Crippen LogP contribution in [-0.2, 0) is 25.6 Å². The predicted octanol–water partition coefficient (Wildman–Crippen LogP) is -0.269. The number of aliphatic hydroxyl groups excluding tert-OH is 1. The normalized spacial score (nSPS) is 15.5. The number of carbonyl (C=O) groups excluding carboxylic acids is 3. The Kier molecular flexibility index (Phi) is 10.6. The number of fused-ring (bicyclic) bond motifs is 1. The van der Waals surface area contributed by atoms with Gasteiger partial charge in [-0.2, -0.15) is 11.8 Å². The van der Waals surface area contributed by atoms with Crippen LogP contribution >= 0.6 is 11.8 Å². The first-order valence-corrected chi connectivity index (χ1v) is 12.6. The van der Waals surface area contributed by atoms with Gasteiger partial charge in [0.25, 0.3) is 0 Å². The Morgan fingerprint density at radius 1 is 1.06 bits per heavy atom. The molecule has 0 saturated heterocycles. The maximum Gasteiger partial charge on any atom is 0.328 e. The summed E-state index contributed by atoms with van der Waals surface area (Å²) < 4.78 is 0. The van der Waals surface area contributed by atoms with E-state index in [1.165, 1.54) is 13.8 Å². The molecule has 12 heteroatoms. The second-order valence-electron chi connectivity index (χ2n) is 8.31. The van der Waals surface area contributed by atoms with E-state index in [0.717, 1.165) is 16.5 Å². The smallest absolute Gasteiger partial charge is 0.328 e. The van der Waals surface area contributed by atoms with Gasteiger partial charge in [0.2, 0.25) is 17.7 Å². The first kappa shape index (κ1) is 28.1. The first-order chi connectivity index (χ1) is 16.5. The quantitative estimate of drug-likeness (QED) is 0.193. The lowest BCUT2D eigenvalue weighted by Gasteiger charge is -2.24. The third-order valence-electron chi connectivity index (χ3n) is 5.50. The topological polar surface area (TPSA) is 187 Å². The van der Waals surface area contributed by atoms with Crippen LogP contribution in [0.3, 0.4) is 0 Å². The van der Waals surface area contributed by atoms with Crippen molar-refractivity contribution in [3.63, 3.8) is 0 Å². The SMILES string of the molecule is CSCCC(N)C(=O)NC(C)C(=O)NC(Cc1c[nH]c2ccccc12)C(=O)NC(C(=O)O)C(C)O. The van der Waals surface area contributed by atoms with Crippen LogP contribution in [-0.4, -0.2) is 81.2 Å². The second-order valence-corrected chi connectivity index (χ2v) is 9.29. The van der Waals surface area contributed by atoms with Gasteiger partial charge < -0.3 is 36.9 Å². The summed E-state index contributed by atoms with van der Waals surface area (Å²) >= 11 is 1.55.